The second-order valence-corrected chi connectivity index (χ2v) is 5.33. The first-order valence-electron chi connectivity index (χ1n) is 6.98. The number of carbonyl (C=O) groups excluding carboxylic acids is 1. The topological polar surface area (TPSA) is 87.7 Å². The van der Waals surface area contributed by atoms with Gasteiger partial charge in [-0.25, -0.2) is 4.79 Å². The lowest BCUT2D eigenvalue weighted by molar-refractivity contribution is -0.148. The second-order valence-electron chi connectivity index (χ2n) is 5.33. The van der Waals surface area contributed by atoms with E-state index in [2.05, 4.69) is 10.6 Å². The van der Waals surface area contributed by atoms with Crippen LogP contribution in [0.25, 0.3) is 0 Å². The molecular formula is C15H20N2O4. The van der Waals surface area contributed by atoms with Gasteiger partial charge in [0.2, 0.25) is 0 Å². The highest BCUT2D eigenvalue weighted by atomic mass is 16.5. The molecule has 0 heterocycles. The maximum atomic E-state index is 11.8. The second kappa shape index (κ2) is 6.47. The molecule has 0 bridgehead atoms. The van der Waals surface area contributed by atoms with E-state index in [4.69, 9.17) is 4.74 Å². The van der Waals surface area contributed by atoms with Gasteiger partial charge in [-0.1, -0.05) is 12.8 Å². The van der Waals surface area contributed by atoms with Crippen LogP contribution in [0, 0.1) is 5.41 Å². The van der Waals surface area contributed by atoms with Gasteiger partial charge >= 0.3 is 12.0 Å². The zero-order valence-electron chi connectivity index (χ0n) is 12.0. The first-order chi connectivity index (χ1) is 10.1. The Morgan fingerprint density at radius 1 is 1.24 bits per heavy atom. The van der Waals surface area contributed by atoms with Gasteiger partial charge in [-0.2, -0.15) is 0 Å². The number of benzene rings is 1. The van der Waals surface area contributed by atoms with Gasteiger partial charge in [-0.3, -0.25) is 4.79 Å². The zero-order valence-corrected chi connectivity index (χ0v) is 12.0. The van der Waals surface area contributed by atoms with Crippen molar-refractivity contribution >= 4 is 17.7 Å². The van der Waals surface area contributed by atoms with Crippen molar-refractivity contribution in [3.8, 4) is 5.75 Å². The van der Waals surface area contributed by atoms with Crippen LogP contribution < -0.4 is 15.4 Å². The maximum absolute atomic E-state index is 11.8. The fourth-order valence-electron chi connectivity index (χ4n) is 2.62. The Morgan fingerprint density at radius 2 is 1.86 bits per heavy atom. The third-order valence-corrected chi connectivity index (χ3v) is 3.95. The van der Waals surface area contributed by atoms with E-state index in [9.17, 15) is 14.7 Å². The highest BCUT2D eigenvalue weighted by molar-refractivity contribution is 5.89. The van der Waals surface area contributed by atoms with E-state index in [1.54, 1.807) is 31.4 Å². The van der Waals surface area contributed by atoms with E-state index in [0.717, 1.165) is 12.8 Å². The van der Waals surface area contributed by atoms with E-state index in [-0.39, 0.29) is 6.54 Å². The number of carbonyl (C=O) groups is 2. The Morgan fingerprint density at radius 3 is 2.38 bits per heavy atom. The first kappa shape index (κ1) is 15.2. The zero-order chi connectivity index (χ0) is 15.3. The lowest BCUT2D eigenvalue weighted by Crippen LogP contribution is -2.42. The van der Waals surface area contributed by atoms with Crippen LogP contribution in [0.4, 0.5) is 10.5 Å². The molecule has 1 fully saturated rings. The lowest BCUT2D eigenvalue weighted by atomic mass is 9.86. The minimum atomic E-state index is -0.829. The van der Waals surface area contributed by atoms with Crippen molar-refractivity contribution in [3.63, 3.8) is 0 Å². The maximum Gasteiger partial charge on any atom is 0.319 e. The molecule has 6 heteroatoms. The van der Waals surface area contributed by atoms with Crippen LogP contribution in [0.1, 0.15) is 25.7 Å². The van der Waals surface area contributed by atoms with E-state index in [0.29, 0.717) is 24.3 Å². The number of anilines is 1. The number of nitrogens with one attached hydrogen (secondary N) is 2. The number of carboxylic acids is 1. The van der Waals surface area contributed by atoms with Crippen LogP contribution in [0.15, 0.2) is 24.3 Å². The Labute approximate surface area is 123 Å². The van der Waals surface area contributed by atoms with Crippen molar-refractivity contribution in [2.24, 2.45) is 5.41 Å². The standard InChI is InChI=1S/C15H20N2O4/c1-21-12-6-4-11(5-7-12)17-14(20)16-10-15(13(18)19)8-2-3-9-15/h4-7H,2-3,8-10H2,1H3,(H,18,19)(H2,16,17,20). The Bertz CT molecular complexity index is 507. The molecule has 0 unspecified atom stereocenters. The summed E-state index contributed by atoms with van der Waals surface area (Å²) in [5.41, 5.74) is -0.179. The van der Waals surface area contributed by atoms with E-state index >= 15 is 0 Å². The minimum Gasteiger partial charge on any atom is -0.497 e. The largest absolute Gasteiger partial charge is 0.497 e. The van der Waals surface area contributed by atoms with Gasteiger partial charge in [-0.15, -0.1) is 0 Å². The van der Waals surface area contributed by atoms with Crippen LogP contribution in [0.2, 0.25) is 0 Å². The summed E-state index contributed by atoms with van der Waals surface area (Å²) in [7, 11) is 1.57. The molecule has 114 valence electrons. The van der Waals surface area contributed by atoms with E-state index in [1.807, 2.05) is 0 Å². The van der Waals surface area contributed by atoms with Crippen molar-refractivity contribution in [2.45, 2.75) is 25.7 Å². The number of amides is 2. The smallest absolute Gasteiger partial charge is 0.319 e. The first-order valence-corrected chi connectivity index (χ1v) is 6.98. The molecule has 0 radical (unpaired) electrons. The quantitative estimate of drug-likeness (QED) is 0.778. The molecule has 0 atom stereocenters. The molecule has 0 aliphatic heterocycles. The van der Waals surface area contributed by atoms with Crippen molar-refractivity contribution < 1.29 is 19.4 Å². The molecule has 2 rings (SSSR count). The SMILES string of the molecule is COc1ccc(NC(=O)NCC2(C(=O)O)CCCC2)cc1. The van der Waals surface area contributed by atoms with Gasteiger partial charge in [0, 0.05) is 12.2 Å². The van der Waals surface area contributed by atoms with Gasteiger partial charge in [0.05, 0.1) is 12.5 Å². The molecule has 1 aromatic carbocycles. The van der Waals surface area contributed by atoms with Gasteiger partial charge in [0.1, 0.15) is 5.75 Å². The molecule has 1 saturated carbocycles. The highest BCUT2D eigenvalue weighted by Crippen LogP contribution is 2.37. The summed E-state index contributed by atoms with van der Waals surface area (Å²) in [6.45, 7) is 0.157. The van der Waals surface area contributed by atoms with Gasteiger partial charge in [0.15, 0.2) is 0 Å². The summed E-state index contributed by atoms with van der Waals surface area (Å²) in [5, 5.41) is 14.7. The number of methoxy groups -OCH3 is 1. The van der Waals surface area contributed by atoms with Crippen molar-refractivity contribution in [2.75, 3.05) is 19.0 Å². The Hall–Kier alpha value is -2.24. The number of rotatable bonds is 5. The van der Waals surface area contributed by atoms with Crippen molar-refractivity contribution in [1.29, 1.82) is 0 Å². The van der Waals surface area contributed by atoms with Crippen molar-refractivity contribution in [3.05, 3.63) is 24.3 Å². The summed E-state index contributed by atoms with van der Waals surface area (Å²) in [6.07, 6.45) is 3.03. The molecule has 1 aliphatic carbocycles. The van der Waals surface area contributed by atoms with Crippen LogP contribution >= 0.6 is 0 Å². The van der Waals surface area contributed by atoms with E-state index in [1.165, 1.54) is 0 Å². The molecule has 6 nitrogen and oxygen atoms in total. The summed E-state index contributed by atoms with van der Waals surface area (Å²) in [4.78, 5) is 23.2. The third-order valence-electron chi connectivity index (χ3n) is 3.95. The van der Waals surface area contributed by atoms with Gasteiger partial charge in [-0.05, 0) is 37.1 Å². The molecule has 2 amide bonds. The molecule has 1 aromatic rings. The predicted octanol–water partition coefficient (Wildman–Crippen LogP) is 2.46. The average molecular weight is 292 g/mol. The van der Waals surface area contributed by atoms with Crippen LogP contribution in [0.5, 0.6) is 5.75 Å². The molecule has 0 saturated heterocycles. The minimum absolute atomic E-state index is 0.157. The third kappa shape index (κ3) is 3.65. The molecular weight excluding hydrogens is 272 g/mol. The normalized spacial score (nSPS) is 16.2. The van der Waals surface area contributed by atoms with Crippen LogP contribution in [0.3, 0.4) is 0 Å². The lowest BCUT2D eigenvalue weighted by Gasteiger charge is -2.24. The van der Waals surface area contributed by atoms with Crippen molar-refractivity contribution in [1.82, 2.24) is 5.32 Å². The predicted molar refractivity (Wildman–Crippen MR) is 78.6 cm³/mol. The fraction of sp³-hybridized carbons (Fsp3) is 0.467. The number of urea groups is 1. The molecule has 0 aromatic heterocycles. The molecule has 0 spiro atoms. The Kier molecular flexibility index (Phi) is 4.67. The summed E-state index contributed by atoms with van der Waals surface area (Å²) in [6, 6.07) is 6.53. The number of aliphatic carboxylic acids is 1. The fourth-order valence-corrected chi connectivity index (χ4v) is 2.62. The summed E-state index contributed by atoms with van der Waals surface area (Å²) in [5.74, 6) is -0.124. The highest BCUT2D eigenvalue weighted by Gasteiger charge is 2.41. The van der Waals surface area contributed by atoms with Gasteiger partial charge < -0.3 is 20.5 Å². The number of hydrogen-bond acceptors (Lipinski definition) is 3. The van der Waals surface area contributed by atoms with Crippen LogP contribution in [-0.4, -0.2) is 30.8 Å². The summed E-state index contributed by atoms with van der Waals surface area (Å²) >= 11 is 0. The average Bonchev–Trinajstić information content (AvgIpc) is 2.96. The number of ether oxygens (including phenoxy) is 1. The molecule has 1 aliphatic rings. The van der Waals surface area contributed by atoms with Crippen LogP contribution in [-0.2, 0) is 4.79 Å². The van der Waals surface area contributed by atoms with Gasteiger partial charge in [0.25, 0.3) is 0 Å². The Balaban J connectivity index is 1.87. The molecule has 3 N–H and O–H groups in total. The number of hydrogen-bond donors (Lipinski definition) is 3. The molecule has 21 heavy (non-hydrogen) atoms. The van der Waals surface area contributed by atoms with E-state index < -0.39 is 17.4 Å². The number of carboxylic acid groups (broad SMARTS) is 1. The monoisotopic (exact) mass is 292 g/mol. The summed E-state index contributed by atoms with van der Waals surface area (Å²) < 4.78 is 5.04.